The van der Waals surface area contributed by atoms with Gasteiger partial charge < -0.3 is 20.9 Å². The highest BCUT2D eigenvalue weighted by Gasteiger charge is 2.40. The average molecular weight is 419 g/mol. The Labute approximate surface area is 179 Å². The molecule has 2 aliphatic rings. The molecule has 1 aromatic rings. The third-order valence-corrected chi connectivity index (χ3v) is 6.52. The summed E-state index contributed by atoms with van der Waals surface area (Å²) in [5.41, 5.74) is 6.71. The Morgan fingerprint density at radius 3 is 2.43 bits per heavy atom. The zero-order valence-corrected chi connectivity index (χ0v) is 18.3. The van der Waals surface area contributed by atoms with Crippen LogP contribution in [0.25, 0.3) is 0 Å². The molecule has 0 aromatic heterocycles. The van der Waals surface area contributed by atoms with E-state index in [1.165, 1.54) is 12.1 Å². The molecule has 2 aliphatic heterocycles. The molecule has 3 rings (SSSR count). The summed E-state index contributed by atoms with van der Waals surface area (Å²) >= 11 is 0. The van der Waals surface area contributed by atoms with E-state index in [4.69, 9.17) is 5.73 Å². The van der Waals surface area contributed by atoms with Crippen molar-refractivity contribution in [2.45, 2.75) is 51.6 Å². The molecule has 30 heavy (non-hydrogen) atoms. The molecule has 0 saturated carbocycles. The van der Waals surface area contributed by atoms with Crippen molar-refractivity contribution in [2.24, 2.45) is 23.5 Å². The fraction of sp³-hybridized carbons (Fsp3) is 0.652. The quantitative estimate of drug-likeness (QED) is 0.745. The first-order chi connectivity index (χ1) is 14.2. The molecule has 2 amide bonds. The van der Waals surface area contributed by atoms with Crippen LogP contribution in [0, 0.1) is 23.6 Å². The zero-order chi connectivity index (χ0) is 21.8. The van der Waals surface area contributed by atoms with Gasteiger partial charge in [-0.25, -0.2) is 4.39 Å². The molecular weight excluding hydrogens is 383 g/mol. The van der Waals surface area contributed by atoms with E-state index < -0.39 is 6.04 Å². The van der Waals surface area contributed by atoms with Gasteiger partial charge >= 0.3 is 0 Å². The number of carbonyl (C=O) groups excluding carboxylic acids is 2. The van der Waals surface area contributed by atoms with Crippen molar-refractivity contribution in [1.82, 2.24) is 9.80 Å². The maximum Gasteiger partial charge on any atom is 0.239 e. The lowest BCUT2D eigenvalue weighted by molar-refractivity contribution is -0.134. The summed E-state index contributed by atoms with van der Waals surface area (Å²) in [7, 11) is 2.08. The largest absolute Gasteiger partial charge is 0.341 e. The van der Waals surface area contributed by atoms with E-state index in [0.29, 0.717) is 23.6 Å². The van der Waals surface area contributed by atoms with E-state index in [2.05, 4.69) is 31.1 Å². The van der Waals surface area contributed by atoms with Gasteiger partial charge in [-0.15, -0.1) is 0 Å². The van der Waals surface area contributed by atoms with Crippen LogP contribution in [0.2, 0.25) is 0 Å². The summed E-state index contributed by atoms with van der Waals surface area (Å²) in [6, 6.07) is 5.80. The Morgan fingerprint density at radius 1 is 1.20 bits per heavy atom. The topological polar surface area (TPSA) is 78.7 Å². The number of nitrogens with zero attached hydrogens (tertiary/aromatic N) is 2. The Hall–Kier alpha value is -1.99. The molecule has 0 bridgehead atoms. The first-order valence-electron chi connectivity index (χ1n) is 11.1. The van der Waals surface area contributed by atoms with Crippen molar-refractivity contribution in [1.29, 1.82) is 0 Å². The Bertz CT molecular complexity index is 731. The summed E-state index contributed by atoms with van der Waals surface area (Å²) < 4.78 is 13.1. The predicted molar refractivity (Wildman–Crippen MR) is 116 cm³/mol. The molecule has 3 N–H and O–H groups in total. The fourth-order valence-corrected chi connectivity index (χ4v) is 4.90. The summed E-state index contributed by atoms with van der Waals surface area (Å²) in [4.78, 5) is 29.4. The lowest BCUT2D eigenvalue weighted by Gasteiger charge is -2.38. The van der Waals surface area contributed by atoms with Crippen LogP contribution in [0.15, 0.2) is 24.3 Å². The van der Waals surface area contributed by atoms with E-state index in [0.717, 1.165) is 45.3 Å². The smallest absolute Gasteiger partial charge is 0.239 e. The molecule has 3 atom stereocenters. The second kappa shape index (κ2) is 9.88. The number of anilines is 1. The summed E-state index contributed by atoms with van der Waals surface area (Å²) in [5.74, 6) is 0.546. The number of piperidine rings is 1. The van der Waals surface area contributed by atoms with Gasteiger partial charge in [-0.2, -0.15) is 0 Å². The molecule has 0 aliphatic carbocycles. The highest BCUT2D eigenvalue weighted by Crippen LogP contribution is 2.33. The number of amides is 2. The number of carbonyl (C=O) groups is 2. The Kier molecular flexibility index (Phi) is 7.47. The van der Waals surface area contributed by atoms with Gasteiger partial charge in [0.15, 0.2) is 0 Å². The number of nitrogens with two attached hydrogens (primary N) is 1. The summed E-state index contributed by atoms with van der Waals surface area (Å²) in [5, 5.41) is 2.91. The van der Waals surface area contributed by atoms with E-state index in [1.807, 2.05) is 4.90 Å². The number of hydrogen-bond donors (Lipinski definition) is 2. The SMILES string of the molecule is CC(C)C[C@H](N)C(=O)N1CCC([C@H]2C[C@@H](C(=O)Nc3ccc(F)cc3)CN2C)CC1. The maximum absolute atomic E-state index is 13.1. The normalized spacial score (nSPS) is 24.3. The molecule has 166 valence electrons. The number of nitrogens with one attached hydrogen (secondary N) is 1. The molecule has 0 radical (unpaired) electrons. The standard InChI is InChI=1S/C23H35FN4O2/c1-15(2)12-20(25)23(30)28-10-8-16(9-11-28)21-13-17(14-27(21)3)22(29)26-19-6-4-18(24)5-7-19/h4-7,15-17,20-21H,8-14,25H2,1-3H3,(H,26,29)/t17-,20+,21-/m1/s1. The zero-order valence-electron chi connectivity index (χ0n) is 18.3. The molecule has 0 unspecified atom stereocenters. The van der Waals surface area contributed by atoms with Crippen LogP contribution in [0.5, 0.6) is 0 Å². The van der Waals surface area contributed by atoms with Crippen molar-refractivity contribution in [2.75, 3.05) is 32.0 Å². The maximum atomic E-state index is 13.1. The van der Waals surface area contributed by atoms with E-state index in [-0.39, 0.29) is 23.5 Å². The molecular formula is C23H35FN4O2. The molecule has 2 fully saturated rings. The Morgan fingerprint density at radius 2 is 1.83 bits per heavy atom. The predicted octanol–water partition coefficient (Wildman–Crippen LogP) is 2.70. The Balaban J connectivity index is 1.50. The molecule has 2 saturated heterocycles. The number of benzene rings is 1. The third-order valence-electron chi connectivity index (χ3n) is 6.52. The average Bonchev–Trinajstić information content (AvgIpc) is 3.10. The van der Waals surface area contributed by atoms with Crippen molar-refractivity contribution >= 4 is 17.5 Å². The van der Waals surface area contributed by atoms with E-state index in [9.17, 15) is 14.0 Å². The number of rotatable bonds is 6. The first-order valence-corrected chi connectivity index (χ1v) is 11.1. The molecule has 7 heteroatoms. The van der Waals surface area contributed by atoms with Crippen LogP contribution < -0.4 is 11.1 Å². The monoisotopic (exact) mass is 418 g/mol. The van der Waals surface area contributed by atoms with Crippen LogP contribution in [0.4, 0.5) is 10.1 Å². The summed E-state index contributed by atoms with van der Waals surface area (Å²) in [6.45, 7) is 6.37. The lowest BCUT2D eigenvalue weighted by atomic mass is 9.86. The highest BCUT2D eigenvalue weighted by molar-refractivity contribution is 5.92. The minimum absolute atomic E-state index is 0.0109. The van der Waals surface area contributed by atoms with Crippen LogP contribution in [-0.2, 0) is 9.59 Å². The highest BCUT2D eigenvalue weighted by atomic mass is 19.1. The van der Waals surface area contributed by atoms with Crippen molar-refractivity contribution in [3.05, 3.63) is 30.1 Å². The minimum Gasteiger partial charge on any atom is -0.341 e. The van der Waals surface area contributed by atoms with Crippen LogP contribution >= 0.6 is 0 Å². The number of hydrogen-bond acceptors (Lipinski definition) is 4. The van der Waals surface area contributed by atoms with Crippen molar-refractivity contribution in [3.63, 3.8) is 0 Å². The number of likely N-dealkylation sites (tertiary alicyclic amines) is 2. The van der Waals surface area contributed by atoms with Gasteiger partial charge in [0.05, 0.1) is 12.0 Å². The van der Waals surface area contributed by atoms with Crippen molar-refractivity contribution in [3.8, 4) is 0 Å². The van der Waals surface area contributed by atoms with Crippen LogP contribution in [-0.4, -0.2) is 60.4 Å². The van der Waals surface area contributed by atoms with Crippen LogP contribution in [0.3, 0.4) is 0 Å². The first kappa shape index (κ1) is 22.7. The number of halogens is 1. The van der Waals surface area contributed by atoms with Gasteiger partial charge in [-0.05, 0) is 68.8 Å². The summed E-state index contributed by atoms with van der Waals surface area (Å²) in [6.07, 6.45) is 3.42. The molecule has 6 nitrogen and oxygen atoms in total. The van der Waals surface area contributed by atoms with Gasteiger partial charge in [-0.1, -0.05) is 13.8 Å². The van der Waals surface area contributed by atoms with Gasteiger partial charge in [0.25, 0.3) is 0 Å². The molecule has 1 aromatic carbocycles. The van der Waals surface area contributed by atoms with Gasteiger partial charge in [-0.3, -0.25) is 9.59 Å². The van der Waals surface area contributed by atoms with Gasteiger partial charge in [0.2, 0.25) is 11.8 Å². The second-order valence-corrected chi connectivity index (χ2v) is 9.33. The fourth-order valence-electron chi connectivity index (χ4n) is 4.90. The third kappa shape index (κ3) is 5.58. The lowest BCUT2D eigenvalue weighted by Crippen LogP contribution is -2.49. The molecule has 2 heterocycles. The van der Waals surface area contributed by atoms with Crippen molar-refractivity contribution < 1.29 is 14.0 Å². The van der Waals surface area contributed by atoms with E-state index >= 15 is 0 Å². The van der Waals surface area contributed by atoms with Gasteiger partial charge in [0.1, 0.15) is 5.82 Å². The minimum atomic E-state index is -0.407. The van der Waals surface area contributed by atoms with Gasteiger partial charge in [0, 0.05) is 31.4 Å². The second-order valence-electron chi connectivity index (χ2n) is 9.33. The molecule has 0 spiro atoms. The van der Waals surface area contributed by atoms with Crippen LogP contribution in [0.1, 0.15) is 39.5 Å². The van der Waals surface area contributed by atoms with E-state index in [1.54, 1.807) is 12.1 Å².